The number of hydrogen-bond donors (Lipinski definition) is 7. The summed E-state index contributed by atoms with van der Waals surface area (Å²) >= 11 is 0. The number of rotatable bonds is 17. The number of ether oxygens (including phenoxy) is 3. The second-order valence-electron chi connectivity index (χ2n) is 11.6. The number of phosphoric ester groups is 2. The fourth-order valence-corrected chi connectivity index (χ4v) is 6.78. The Bertz CT molecular complexity index is 1970. The number of aromatic nitrogens is 6. The van der Waals surface area contributed by atoms with E-state index < -0.39 is 89.6 Å². The van der Waals surface area contributed by atoms with E-state index >= 15 is 0 Å². The van der Waals surface area contributed by atoms with E-state index in [2.05, 4.69) is 34.5 Å². The van der Waals surface area contributed by atoms with Crippen molar-refractivity contribution in [3.05, 3.63) is 45.8 Å². The van der Waals surface area contributed by atoms with Crippen LogP contribution in [0.5, 0.6) is 0 Å². The molecule has 53 heavy (non-hydrogen) atoms. The number of aliphatic hydroxyl groups excluding tert-OH is 2. The largest absolute Gasteiger partial charge is 0.472 e. The van der Waals surface area contributed by atoms with Crippen LogP contribution in [0.25, 0.3) is 21.6 Å². The highest BCUT2D eigenvalue weighted by atomic mass is 31.2. The quantitative estimate of drug-likeness (QED) is 0.0219. The van der Waals surface area contributed by atoms with Gasteiger partial charge in [-0.2, -0.15) is 4.98 Å². The first-order valence-electron chi connectivity index (χ1n) is 15.6. The number of azide groups is 1. The van der Waals surface area contributed by atoms with Crippen LogP contribution >= 0.6 is 15.6 Å². The van der Waals surface area contributed by atoms with Crippen molar-refractivity contribution in [2.75, 3.05) is 31.2 Å². The Labute approximate surface area is 297 Å². The Morgan fingerprint density at radius 3 is 2.58 bits per heavy atom. The molecule has 0 amide bonds. The third kappa shape index (κ3) is 10.1. The van der Waals surface area contributed by atoms with Gasteiger partial charge in [0.2, 0.25) is 0 Å². The number of esters is 1. The van der Waals surface area contributed by atoms with E-state index in [-0.39, 0.29) is 42.2 Å². The lowest BCUT2D eigenvalue weighted by molar-refractivity contribution is -0.168. The molecule has 9 N–H and O–H groups in total. The molecular formula is C25H35N11O15P2. The van der Waals surface area contributed by atoms with Gasteiger partial charge in [0.1, 0.15) is 48.3 Å². The number of fused-ring (bicyclic) bond motifs is 1. The average molecular weight is 792 g/mol. The summed E-state index contributed by atoms with van der Waals surface area (Å²) < 4.78 is 58.8. The zero-order valence-corrected chi connectivity index (χ0v) is 29.1. The lowest BCUT2D eigenvalue weighted by atomic mass is 10.1. The van der Waals surface area contributed by atoms with Crippen LogP contribution in [0.15, 0.2) is 34.8 Å². The molecule has 0 aliphatic carbocycles. The number of phosphoric acid groups is 2. The van der Waals surface area contributed by atoms with Crippen LogP contribution in [0.3, 0.4) is 0 Å². The summed E-state index contributed by atoms with van der Waals surface area (Å²) in [4.78, 5) is 72.7. The average Bonchev–Trinajstić information content (AvgIpc) is 3.78. The summed E-state index contributed by atoms with van der Waals surface area (Å²) in [5.74, 6) is -1.25. The van der Waals surface area contributed by atoms with Crippen LogP contribution in [0.1, 0.15) is 38.1 Å². The Balaban J connectivity index is 1.30. The fourth-order valence-electron chi connectivity index (χ4n) is 5.48. The number of carbonyl (C=O) groups excluding carboxylic acids is 1. The monoisotopic (exact) mass is 791 g/mol. The van der Waals surface area contributed by atoms with Crippen molar-refractivity contribution in [3.63, 3.8) is 0 Å². The third-order valence-electron chi connectivity index (χ3n) is 7.97. The number of nitrogens with zero attached hydrogens (tertiary/aromatic N) is 9. The first kappa shape index (κ1) is 40.1. The fraction of sp³-hybridized carbons (Fsp3) is 0.600. The summed E-state index contributed by atoms with van der Waals surface area (Å²) in [6.45, 7) is -1.56. The molecule has 2 aliphatic rings. The molecule has 2 saturated heterocycles. The van der Waals surface area contributed by atoms with Crippen molar-refractivity contribution in [2.45, 2.75) is 74.8 Å². The summed E-state index contributed by atoms with van der Waals surface area (Å²) in [6.07, 6.45) is -8.14. The second-order valence-corrected chi connectivity index (χ2v) is 14.3. The minimum absolute atomic E-state index is 0.00425. The molecule has 5 rings (SSSR count). The van der Waals surface area contributed by atoms with Crippen molar-refractivity contribution in [1.29, 1.82) is 0 Å². The molecule has 0 radical (unpaired) electrons. The number of nitrogens with two attached hydrogens (primary N) is 2. The van der Waals surface area contributed by atoms with Gasteiger partial charge in [-0.25, -0.2) is 33.7 Å². The minimum Gasteiger partial charge on any atom is -0.453 e. The zero-order valence-electron chi connectivity index (χ0n) is 27.3. The number of aliphatic hydroxyl groups is 2. The molecule has 3 aromatic rings. The topological polar surface area (TPSA) is 387 Å². The number of imidazole rings is 1. The van der Waals surface area contributed by atoms with E-state index in [1.807, 2.05) is 0 Å². The van der Waals surface area contributed by atoms with Crippen LogP contribution in [0.4, 0.5) is 11.6 Å². The van der Waals surface area contributed by atoms with E-state index in [1.165, 1.54) is 23.2 Å². The number of carbonyl (C=O) groups is 1. The van der Waals surface area contributed by atoms with E-state index in [1.54, 1.807) is 0 Å². The van der Waals surface area contributed by atoms with Crippen LogP contribution in [0.2, 0.25) is 0 Å². The SMILES string of the molecule is [N-]=[N+]=NCCCC[C@H](O)C(=O)O[C@@H]1[C@H](O)[C@@H](COP(=O)(O)O[C@H]2C[C@H](n3ccc(N)nc3=O)O[C@@H]2COP(=O)(O)O)O[C@H]1n1cnc2c(N)ncnc21. The molecule has 9 atom stereocenters. The van der Waals surface area contributed by atoms with Crippen LogP contribution in [-0.4, -0.2) is 116 Å². The number of anilines is 2. The molecule has 0 aromatic carbocycles. The van der Waals surface area contributed by atoms with Crippen LogP contribution in [0, 0.1) is 0 Å². The van der Waals surface area contributed by atoms with Gasteiger partial charge < -0.3 is 50.6 Å². The maximum Gasteiger partial charge on any atom is 0.472 e. The molecule has 26 nitrogen and oxygen atoms in total. The lowest BCUT2D eigenvalue weighted by Gasteiger charge is -2.23. The first-order chi connectivity index (χ1) is 25.1. The molecule has 2 aliphatic heterocycles. The van der Waals surface area contributed by atoms with Gasteiger partial charge >= 0.3 is 27.3 Å². The van der Waals surface area contributed by atoms with Crippen molar-refractivity contribution in [3.8, 4) is 0 Å². The molecular weight excluding hydrogens is 756 g/mol. The van der Waals surface area contributed by atoms with Gasteiger partial charge in [0.05, 0.1) is 19.5 Å². The predicted octanol–water partition coefficient (Wildman–Crippen LogP) is -0.842. The van der Waals surface area contributed by atoms with Gasteiger partial charge in [-0.1, -0.05) is 11.5 Å². The maximum atomic E-state index is 13.2. The van der Waals surface area contributed by atoms with Crippen LogP contribution in [-0.2, 0) is 41.7 Å². The van der Waals surface area contributed by atoms with Gasteiger partial charge in [-0.3, -0.25) is 22.7 Å². The second kappa shape index (κ2) is 16.9. The molecule has 0 bridgehead atoms. The van der Waals surface area contributed by atoms with Crippen molar-refractivity contribution in [2.24, 2.45) is 5.11 Å². The van der Waals surface area contributed by atoms with Crippen molar-refractivity contribution in [1.82, 2.24) is 29.1 Å². The van der Waals surface area contributed by atoms with Gasteiger partial charge in [0, 0.05) is 24.1 Å². The minimum atomic E-state index is -5.15. The molecule has 2 fully saturated rings. The molecule has 290 valence electrons. The normalized spacial score (nSPS) is 26.2. The summed E-state index contributed by atoms with van der Waals surface area (Å²) in [7, 11) is -10.2. The van der Waals surface area contributed by atoms with Crippen molar-refractivity contribution < 1.29 is 66.6 Å². The first-order valence-corrected chi connectivity index (χ1v) is 18.6. The zero-order chi connectivity index (χ0) is 38.5. The Morgan fingerprint density at radius 1 is 1.11 bits per heavy atom. The maximum absolute atomic E-state index is 13.2. The van der Waals surface area contributed by atoms with E-state index in [4.69, 9.17) is 40.3 Å². The Kier molecular flexibility index (Phi) is 12.8. The molecule has 0 spiro atoms. The standard InChI is InChI=1S/C25H35N11O15P2/c26-16-4-6-35(25(40)33-16)17-7-13(14(48-17)8-46-52(41,42)43)51-53(44,45)47-9-15-19(38)20(50-24(39)12(37)3-1-2-5-32-34-28)23(49-15)36-11-31-18-21(27)29-10-30-22(18)36/h4,6,10-15,17,19-20,23,37-38H,1-3,5,7-9H2,(H,44,45)(H2,26,33,40)(H2,27,29,30)(H2,41,42,43)/t12-,13-,14+,15+,17+,19+,20+,23+/m0/s1. The molecule has 0 saturated carbocycles. The molecule has 5 heterocycles. The van der Waals surface area contributed by atoms with Gasteiger partial charge in [0.15, 0.2) is 29.9 Å². The highest BCUT2D eigenvalue weighted by molar-refractivity contribution is 7.47. The number of nitrogen functional groups attached to an aromatic ring is 2. The van der Waals surface area contributed by atoms with Crippen LogP contribution < -0.4 is 17.2 Å². The summed E-state index contributed by atoms with van der Waals surface area (Å²) in [5.41, 5.74) is 19.2. The van der Waals surface area contributed by atoms with Crippen molar-refractivity contribution >= 4 is 44.4 Å². The van der Waals surface area contributed by atoms with Gasteiger partial charge in [0.25, 0.3) is 0 Å². The van der Waals surface area contributed by atoms with Gasteiger partial charge in [-0.15, -0.1) is 0 Å². The Morgan fingerprint density at radius 2 is 1.87 bits per heavy atom. The highest BCUT2D eigenvalue weighted by Gasteiger charge is 2.50. The number of unbranched alkanes of at least 4 members (excludes halogenated alkanes) is 1. The molecule has 1 unspecified atom stereocenters. The van der Waals surface area contributed by atoms with E-state index in [0.717, 1.165) is 10.9 Å². The van der Waals surface area contributed by atoms with E-state index in [9.17, 15) is 43.6 Å². The van der Waals surface area contributed by atoms with E-state index in [0.29, 0.717) is 12.8 Å². The molecule has 28 heteroatoms. The smallest absolute Gasteiger partial charge is 0.453 e. The summed E-state index contributed by atoms with van der Waals surface area (Å²) in [6, 6.07) is 1.27. The number of hydrogen-bond acceptors (Lipinski definition) is 19. The summed E-state index contributed by atoms with van der Waals surface area (Å²) in [5, 5.41) is 25.1. The third-order valence-corrected chi connectivity index (χ3v) is 9.47. The molecule has 3 aromatic heterocycles. The van der Waals surface area contributed by atoms with Gasteiger partial charge in [-0.05, 0) is 24.4 Å². The lowest BCUT2D eigenvalue weighted by Crippen LogP contribution is -2.39. The predicted molar refractivity (Wildman–Crippen MR) is 173 cm³/mol. The Hall–Kier alpha value is -4.13. The highest BCUT2D eigenvalue weighted by Crippen LogP contribution is 2.50.